The summed E-state index contributed by atoms with van der Waals surface area (Å²) < 4.78 is 27.8. The van der Waals surface area contributed by atoms with Crippen LogP contribution in [0.5, 0.6) is 0 Å². The van der Waals surface area contributed by atoms with Crippen molar-refractivity contribution in [3.05, 3.63) is 48.1 Å². The van der Waals surface area contributed by atoms with E-state index >= 15 is 0 Å². The highest BCUT2D eigenvalue weighted by molar-refractivity contribution is 5.90. The molecule has 0 aliphatic heterocycles. The SMILES string of the molecule is NC(=O)c1cn(-c2c(F)cccc2F)cn1. The second-order valence-corrected chi connectivity index (χ2v) is 3.10. The smallest absolute Gasteiger partial charge is 0.268 e. The van der Waals surface area contributed by atoms with Crippen LogP contribution in [0.15, 0.2) is 30.7 Å². The van der Waals surface area contributed by atoms with Crippen LogP contribution in [-0.4, -0.2) is 15.5 Å². The molecule has 0 radical (unpaired) electrons. The van der Waals surface area contributed by atoms with E-state index in [0.717, 1.165) is 23.0 Å². The van der Waals surface area contributed by atoms with Crippen LogP contribution in [-0.2, 0) is 0 Å². The molecule has 0 fully saturated rings. The fourth-order valence-corrected chi connectivity index (χ4v) is 1.31. The van der Waals surface area contributed by atoms with Gasteiger partial charge in [0, 0.05) is 6.20 Å². The Morgan fingerprint density at radius 1 is 1.31 bits per heavy atom. The van der Waals surface area contributed by atoms with Crippen LogP contribution in [0, 0.1) is 11.6 Å². The lowest BCUT2D eigenvalue weighted by Gasteiger charge is -2.04. The molecule has 0 bridgehead atoms. The maximum atomic E-state index is 13.3. The van der Waals surface area contributed by atoms with Crippen LogP contribution in [0.1, 0.15) is 10.5 Å². The molecule has 1 amide bonds. The van der Waals surface area contributed by atoms with E-state index in [1.54, 1.807) is 0 Å². The molecular weight excluding hydrogens is 216 g/mol. The Bertz CT molecular complexity index is 530. The van der Waals surface area contributed by atoms with Gasteiger partial charge in [-0.3, -0.25) is 4.79 Å². The minimum absolute atomic E-state index is 0.0531. The van der Waals surface area contributed by atoms with E-state index in [-0.39, 0.29) is 11.4 Å². The van der Waals surface area contributed by atoms with E-state index in [1.807, 2.05) is 0 Å². The molecule has 0 aliphatic carbocycles. The van der Waals surface area contributed by atoms with Gasteiger partial charge in [-0.25, -0.2) is 13.8 Å². The number of carbonyl (C=O) groups is 1. The number of aromatic nitrogens is 2. The van der Waals surface area contributed by atoms with Gasteiger partial charge in [-0.1, -0.05) is 6.07 Å². The van der Waals surface area contributed by atoms with E-state index in [0.29, 0.717) is 0 Å². The second-order valence-electron chi connectivity index (χ2n) is 3.10. The topological polar surface area (TPSA) is 60.9 Å². The fourth-order valence-electron chi connectivity index (χ4n) is 1.31. The molecule has 0 saturated carbocycles. The third kappa shape index (κ3) is 1.65. The lowest BCUT2D eigenvalue weighted by Crippen LogP contribution is -2.11. The molecule has 2 rings (SSSR count). The molecule has 2 aromatic rings. The summed E-state index contributed by atoms with van der Waals surface area (Å²) in [5, 5.41) is 0. The molecule has 6 heteroatoms. The molecule has 16 heavy (non-hydrogen) atoms. The first-order valence-corrected chi connectivity index (χ1v) is 4.38. The number of benzene rings is 1. The van der Waals surface area contributed by atoms with Gasteiger partial charge >= 0.3 is 0 Å². The van der Waals surface area contributed by atoms with E-state index in [9.17, 15) is 13.6 Å². The fraction of sp³-hybridized carbons (Fsp3) is 0. The Morgan fingerprint density at radius 2 is 1.94 bits per heavy atom. The monoisotopic (exact) mass is 223 g/mol. The molecule has 2 N–H and O–H groups in total. The van der Waals surface area contributed by atoms with Crippen molar-refractivity contribution in [1.82, 2.24) is 9.55 Å². The normalized spacial score (nSPS) is 10.4. The first kappa shape index (κ1) is 10.3. The van der Waals surface area contributed by atoms with E-state index < -0.39 is 17.5 Å². The summed E-state index contributed by atoms with van der Waals surface area (Å²) in [4.78, 5) is 14.4. The van der Waals surface area contributed by atoms with E-state index in [1.165, 1.54) is 12.3 Å². The molecule has 1 heterocycles. The average molecular weight is 223 g/mol. The van der Waals surface area contributed by atoms with Crippen molar-refractivity contribution in [1.29, 1.82) is 0 Å². The van der Waals surface area contributed by atoms with Gasteiger partial charge in [0.1, 0.15) is 29.3 Å². The zero-order valence-corrected chi connectivity index (χ0v) is 8.02. The van der Waals surface area contributed by atoms with Crippen molar-refractivity contribution in [2.75, 3.05) is 0 Å². The van der Waals surface area contributed by atoms with Crippen LogP contribution >= 0.6 is 0 Å². The zero-order valence-electron chi connectivity index (χ0n) is 8.02. The standard InChI is InChI=1S/C10H7F2N3O/c11-6-2-1-3-7(12)9(6)15-4-8(10(13)16)14-5-15/h1-5H,(H2,13,16). The molecule has 1 aromatic carbocycles. The van der Waals surface area contributed by atoms with Crippen molar-refractivity contribution in [2.45, 2.75) is 0 Å². The number of nitrogens with zero attached hydrogens (tertiary/aromatic N) is 2. The third-order valence-corrected chi connectivity index (χ3v) is 2.03. The first-order chi connectivity index (χ1) is 7.59. The van der Waals surface area contributed by atoms with Crippen LogP contribution in [0.25, 0.3) is 5.69 Å². The molecule has 0 aliphatic rings. The van der Waals surface area contributed by atoms with Gasteiger partial charge in [0.15, 0.2) is 0 Å². The predicted molar refractivity (Wildman–Crippen MR) is 52.0 cm³/mol. The highest BCUT2D eigenvalue weighted by Gasteiger charge is 2.12. The molecule has 0 spiro atoms. The summed E-state index contributed by atoms with van der Waals surface area (Å²) in [7, 11) is 0. The molecule has 1 aromatic heterocycles. The van der Waals surface area contributed by atoms with Gasteiger partial charge in [-0.05, 0) is 12.1 Å². The quantitative estimate of drug-likeness (QED) is 0.832. The third-order valence-electron chi connectivity index (χ3n) is 2.03. The van der Waals surface area contributed by atoms with Crippen molar-refractivity contribution in [2.24, 2.45) is 5.73 Å². The predicted octanol–water partition coefficient (Wildman–Crippen LogP) is 1.25. The van der Waals surface area contributed by atoms with Gasteiger partial charge in [-0.15, -0.1) is 0 Å². The average Bonchev–Trinajstić information content (AvgIpc) is 2.66. The van der Waals surface area contributed by atoms with Crippen molar-refractivity contribution in [3.8, 4) is 5.69 Å². The number of para-hydroxylation sites is 1. The number of halogens is 2. The number of imidazole rings is 1. The number of amides is 1. The summed E-state index contributed by atoms with van der Waals surface area (Å²) in [6.45, 7) is 0. The van der Waals surface area contributed by atoms with E-state index in [2.05, 4.69) is 4.98 Å². The van der Waals surface area contributed by atoms with Gasteiger partial charge < -0.3 is 10.3 Å². The molecule has 82 valence electrons. The lowest BCUT2D eigenvalue weighted by atomic mass is 10.3. The lowest BCUT2D eigenvalue weighted by molar-refractivity contribution is 0.0996. The van der Waals surface area contributed by atoms with Crippen molar-refractivity contribution >= 4 is 5.91 Å². The molecule has 0 unspecified atom stereocenters. The minimum Gasteiger partial charge on any atom is -0.364 e. The van der Waals surface area contributed by atoms with Gasteiger partial charge in [0.2, 0.25) is 0 Å². The first-order valence-electron chi connectivity index (χ1n) is 4.38. The summed E-state index contributed by atoms with van der Waals surface area (Å²) in [5.74, 6) is -2.24. The molecule has 0 saturated heterocycles. The molecule has 0 atom stereocenters. The number of rotatable bonds is 2. The van der Waals surface area contributed by atoms with Gasteiger partial charge in [0.25, 0.3) is 5.91 Å². The molecular formula is C10H7F2N3O. The number of hydrogen-bond donors (Lipinski definition) is 1. The Morgan fingerprint density at radius 3 is 2.44 bits per heavy atom. The van der Waals surface area contributed by atoms with Crippen molar-refractivity contribution in [3.63, 3.8) is 0 Å². The van der Waals surface area contributed by atoms with Crippen LogP contribution < -0.4 is 5.73 Å². The highest BCUT2D eigenvalue weighted by Crippen LogP contribution is 2.17. The summed E-state index contributed by atoms with van der Waals surface area (Å²) >= 11 is 0. The summed E-state index contributed by atoms with van der Waals surface area (Å²) in [6.07, 6.45) is 2.30. The zero-order chi connectivity index (χ0) is 11.7. The highest BCUT2D eigenvalue weighted by atomic mass is 19.1. The molecule has 4 nitrogen and oxygen atoms in total. The summed E-state index contributed by atoms with van der Waals surface area (Å²) in [5.41, 5.74) is 4.64. The van der Waals surface area contributed by atoms with E-state index in [4.69, 9.17) is 5.73 Å². The maximum Gasteiger partial charge on any atom is 0.268 e. The Balaban J connectivity index is 2.54. The minimum atomic E-state index is -0.754. The number of nitrogens with two attached hydrogens (primary N) is 1. The second kappa shape index (κ2) is 3.73. The van der Waals surface area contributed by atoms with Crippen molar-refractivity contribution < 1.29 is 13.6 Å². The Hall–Kier alpha value is -2.24. The van der Waals surface area contributed by atoms with Crippen LogP contribution in [0.2, 0.25) is 0 Å². The maximum absolute atomic E-state index is 13.3. The number of carbonyl (C=O) groups excluding carboxylic acids is 1. The Labute approximate surface area is 89.3 Å². The van der Waals surface area contributed by atoms with Crippen LogP contribution in [0.3, 0.4) is 0 Å². The largest absolute Gasteiger partial charge is 0.364 e. The number of hydrogen-bond acceptors (Lipinski definition) is 2. The van der Waals surface area contributed by atoms with Gasteiger partial charge in [0.05, 0.1) is 0 Å². The number of primary amides is 1. The van der Waals surface area contributed by atoms with Crippen LogP contribution in [0.4, 0.5) is 8.78 Å². The van der Waals surface area contributed by atoms with Gasteiger partial charge in [-0.2, -0.15) is 0 Å². The summed E-state index contributed by atoms with van der Waals surface area (Å²) in [6, 6.07) is 3.48. The Kier molecular flexibility index (Phi) is 2.40.